The number of hydrogen-bond acceptors (Lipinski definition) is 1. The number of hydrogen-bond donors (Lipinski definition) is 0. The Kier molecular flexibility index (Phi) is 2.99. The normalized spacial score (nSPS) is 9.18. The molecule has 0 fully saturated rings. The van der Waals surface area contributed by atoms with E-state index in [1.807, 2.05) is 0 Å². The fraction of sp³-hybridized carbons (Fsp3) is 0.111. The third kappa shape index (κ3) is 2.64. The summed E-state index contributed by atoms with van der Waals surface area (Å²) in [6, 6.07) is 8.08. The van der Waals surface area contributed by atoms with E-state index in [4.69, 9.17) is 16.3 Å². The highest BCUT2D eigenvalue weighted by atomic mass is 35.5. The Labute approximate surface area is 71.3 Å². The van der Waals surface area contributed by atoms with Gasteiger partial charge in [0.25, 0.3) is 0 Å². The lowest BCUT2D eigenvalue weighted by Crippen LogP contribution is -1.91. The predicted molar refractivity (Wildman–Crippen MR) is 46.0 cm³/mol. The first-order chi connectivity index (χ1) is 5.33. The van der Waals surface area contributed by atoms with Crippen LogP contribution < -0.4 is 4.74 Å². The Balaban J connectivity index is 2.63. The second-order valence-electron chi connectivity index (χ2n) is 1.97. The number of halogens is 1. The third-order valence-corrected chi connectivity index (χ3v) is 1.33. The van der Waals surface area contributed by atoms with E-state index in [1.54, 1.807) is 24.3 Å². The summed E-state index contributed by atoms with van der Waals surface area (Å²) < 4.78 is 5.18. The molecule has 0 aromatic heterocycles. The maximum absolute atomic E-state index is 5.70. The predicted octanol–water partition coefficient (Wildman–Crippen LogP) is 2.70. The van der Waals surface area contributed by atoms with Crippen molar-refractivity contribution >= 4 is 11.6 Å². The third-order valence-electron chi connectivity index (χ3n) is 1.09. The minimum absolute atomic E-state index is 0.483. The van der Waals surface area contributed by atoms with Gasteiger partial charge in [-0.3, -0.25) is 0 Å². The van der Waals surface area contributed by atoms with Gasteiger partial charge < -0.3 is 4.74 Å². The van der Waals surface area contributed by atoms with Gasteiger partial charge in [-0.2, -0.15) is 0 Å². The lowest BCUT2D eigenvalue weighted by atomic mass is 10.3. The molecular formula is C9H8ClO. The van der Waals surface area contributed by atoms with Crippen LogP contribution in [0, 0.1) is 6.07 Å². The van der Waals surface area contributed by atoms with Crippen molar-refractivity contribution in [2.24, 2.45) is 0 Å². The Morgan fingerprint density at radius 3 is 3.18 bits per heavy atom. The summed E-state index contributed by atoms with van der Waals surface area (Å²) in [6.45, 7) is 4.01. The molecule has 0 aliphatic carbocycles. The van der Waals surface area contributed by atoms with E-state index in [1.165, 1.54) is 0 Å². The molecule has 0 heterocycles. The van der Waals surface area contributed by atoms with Gasteiger partial charge in [0, 0.05) is 11.1 Å². The molecule has 0 saturated carbocycles. The second kappa shape index (κ2) is 4.04. The fourth-order valence-electron chi connectivity index (χ4n) is 0.650. The molecule has 11 heavy (non-hydrogen) atoms. The van der Waals surface area contributed by atoms with Crippen molar-refractivity contribution in [3.63, 3.8) is 0 Å². The molecule has 0 bridgehead atoms. The van der Waals surface area contributed by atoms with E-state index in [0.29, 0.717) is 17.4 Å². The summed E-state index contributed by atoms with van der Waals surface area (Å²) in [5.74, 6) is 0.650. The SMILES string of the molecule is C=CCOc1[c]ccc(Cl)c1. The summed E-state index contributed by atoms with van der Waals surface area (Å²) in [7, 11) is 0. The maximum atomic E-state index is 5.70. The topological polar surface area (TPSA) is 9.23 Å². The average molecular weight is 168 g/mol. The molecule has 1 aromatic carbocycles. The van der Waals surface area contributed by atoms with Gasteiger partial charge in [-0.05, 0) is 18.2 Å². The van der Waals surface area contributed by atoms with Crippen molar-refractivity contribution < 1.29 is 4.74 Å². The van der Waals surface area contributed by atoms with Crippen molar-refractivity contribution in [2.75, 3.05) is 6.61 Å². The first kappa shape index (κ1) is 8.15. The first-order valence-electron chi connectivity index (χ1n) is 3.24. The van der Waals surface area contributed by atoms with E-state index in [2.05, 4.69) is 12.6 Å². The van der Waals surface area contributed by atoms with Crippen LogP contribution in [0.25, 0.3) is 0 Å². The zero-order valence-corrected chi connectivity index (χ0v) is 6.77. The molecule has 0 aliphatic rings. The minimum atomic E-state index is 0.483. The molecule has 0 aliphatic heterocycles. The highest BCUT2D eigenvalue weighted by Gasteiger charge is 1.91. The van der Waals surface area contributed by atoms with Crippen LogP contribution in [0.15, 0.2) is 30.9 Å². The largest absolute Gasteiger partial charge is 0.489 e. The molecule has 1 rings (SSSR count). The average Bonchev–Trinajstić information content (AvgIpc) is 2.01. The summed E-state index contributed by atoms with van der Waals surface area (Å²) >= 11 is 5.70. The van der Waals surface area contributed by atoms with Gasteiger partial charge in [0.05, 0.1) is 0 Å². The molecule has 0 N–H and O–H groups in total. The Bertz CT molecular complexity index is 245. The molecule has 0 saturated heterocycles. The van der Waals surface area contributed by atoms with E-state index < -0.39 is 0 Å². The van der Waals surface area contributed by atoms with Crippen molar-refractivity contribution in [3.05, 3.63) is 41.9 Å². The number of benzene rings is 1. The van der Waals surface area contributed by atoms with Gasteiger partial charge in [0.1, 0.15) is 12.4 Å². The standard InChI is InChI=1S/C9H8ClO/c1-2-6-11-9-5-3-4-8(10)7-9/h2-4,7H,1,6H2. The van der Waals surface area contributed by atoms with Crippen LogP contribution in [-0.2, 0) is 0 Å². The zero-order valence-electron chi connectivity index (χ0n) is 6.01. The monoisotopic (exact) mass is 167 g/mol. The Morgan fingerprint density at radius 1 is 1.73 bits per heavy atom. The first-order valence-corrected chi connectivity index (χ1v) is 3.61. The number of rotatable bonds is 3. The van der Waals surface area contributed by atoms with Crippen LogP contribution in [0.3, 0.4) is 0 Å². The summed E-state index contributed by atoms with van der Waals surface area (Å²) in [5, 5.41) is 0.655. The fourth-order valence-corrected chi connectivity index (χ4v) is 0.813. The van der Waals surface area contributed by atoms with Gasteiger partial charge in [-0.1, -0.05) is 24.3 Å². The minimum Gasteiger partial charge on any atom is -0.489 e. The molecule has 0 unspecified atom stereocenters. The molecule has 1 nitrogen and oxygen atoms in total. The molecule has 57 valence electrons. The van der Waals surface area contributed by atoms with Crippen LogP contribution in [0.2, 0.25) is 5.02 Å². The van der Waals surface area contributed by atoms with Crippen molar-refractivity contribution in [2.45, 2.75) is 0 Å². The highest BCUT2D eigenvalue weighted by molar-refractivity contribution is 6.30. The van der Waals surface area contributed by atoms with E-state index >= 15 is 0 Å². The summed E-state index contributed by atoms with van der Waals surface area (Å²) in [4.78, 5) is 0. The van der Waals surface area contributed by atoms with Gasteiger partial charge in [0.15, 0.2) is 0 Å². The smallest absolute Gasteiger partial charge is 0.129 e. The summed E-state index contributed by atoms with van der Waals surface area (Å²) in [6.07, 6.45) is 1.68. The van der Waals surface area contributed by atoms with Crippen LogP contribution >= 0.6 is 11.6 Å². The van der Waals surface area contributed by atoms with Crippen molar-refractivity contribution in [3.8, 4) is 5.75 Å². The van der Waals surface area contributed by atoms with Crippen LogP contribution in [0.1, 0.15) is 0 Å². The lowest BCUT2D eigenvalue weighted by molar-refractivity contribution is 0.362. The van der Waals surface area contributed by atoms with E-state index in [9.17, 15) is 0 Å². The molecule has 1 radical (unpaired) electrons. The van der Waals surface area contributed by atoms with E-state index in [0.717, 1.165) is 0 Å². The van der Waals surface area contributed by atoms with E-state index in [-0.39, 0.29) is 0 Å². The van der Waals surface area contributed by atoms with Crippen LogP contribution in [0.4, 0.5) is 0 Å². The summed E-state index contributed by atoms with van der Waals surface area (Å²) in [5.41, 5.74) is 0. The quantitative estimate of drug-likeness (QED) is 0.629. The molecule has 2 heteroatoms. The number of ether oxygens (including phenoxy) is 1. The molecule has 0 amide bonds. The lowest BCUT2D eigenvalue weighted by Gasteiger charge is -2.01. The van der Waals surface area contributed by atoms with Crippen molar-refractivity contribution in [1.82, 2.24) is 0 Å². The molecule has 0 spiro atoms. The zero-order chi connectivity index (χ0) is 8.10. The molecule has 0 atom stereocenters. The molecular weight excluding hydrogens is 160 g/mol. The Morgan fingerprint density at radius 2 is 2.55 bits per heavy atom. The van der Waals surface area contributed by atoms with Crippen LogP contribution in [-0.4, -0.2) is 6.61 Å². The highest BCUT2D eigenvalue weighted by Crippen LogP contribution is 2.15. The maximum Gasteiger partial charge on any atom is 0.129 e. The van der Waals surface area contributed by atoms with Gasteiger partial charge in [-0.25, -0.2) is 0 Å². The Hall–Kier alpha value is -0.950. The van der Waals surface area contributed by atoms with Gasteiger partial charge in [0.2, 0.25) is 0 Å². The van der Waals surface area contributed by atoms with Crippen molar-refractivity contribution in [1.29, 1.82) is 0 Å². The molecule has 1 aromatic rings. The second-order valence-corrected chi connectivity index (χ2v) is 2.41. The van der Waals surface area contributed by atoms with Crippen LogP contribution in [0.5, 0.6) is 5.75 Å². The van der Waals surface area contributed by atoms with Gasteiger partial charge >= 0.3 is 0 Å². The van der Waals surface area contributed by atoms with Gasteiger partial charge in [-0.15, -0.1) is 0 Å².